The Morgan fingerprint density at radius 2 is 1.70 bits per heavy atom. The van der Waals surface area contributed by atoms with E-state index in [1.54, 1.807) is 11.0 Å². The number of benzene rings is 3. The second kappa shape index (κ2) is 8.96. The monoisotopic (exact) mass is 399 g/mol. The fraction of sp³-hybridized carbons (Fsp3) is 0.0417. The number of carbonyl (C=O) groups is 1. The fourth-order valence-corrected chi connectivity index (χ4v) is 3.04. The van der Waals surface area contributed by atoms with Gasteiger partial charge in [-0.05, 0) is 35.4 Å². The van der Waals surface area contributed by atoms with Gasteiger partial charge >= 0.3 is 5.97 Å². The number of hydrogen-bond donors (Lipinski definition) is 0. The van der Waals surface area contributed by atoms with E-state index in [2.05, 4.69) is 10.1 Å². The molecule has 0 aliphatic heterocycles. The Labute approximate surface area is 173 Å². The van der Waals surface area contributed by atoms with Crippen LogP contribution in [0.1, 0.15) is 27.6 Å². The summed E-state index contributed by atoms with van der Waals surface area (Å²) in [5.74, 6) is -1.14. The Morgan fingerprint density at radius 3 is 2.37 bits per heavy atom. The Hall–Kier alpha value is -4.06. The fourth-order valence-electron chi connectivity index (χ4n) is 3.04. The zero-order valence-corrected chi connectivity index (χ0v) is 15.9. The Balaban J connectivity index is 1.79. The average Bonchev–Trinajstić information content (AvgIpc) is 3.32. The van der Waals surface area contributed by atoms with Gasteiger partial charge in [-0.3, -0.25) is 0 Å². The van der Waals surface area contributed by atoms with Gasteiger partial charge < -0.3 is 4.74 Å². The van der Waals surface area contributed by atoms with Gasteiger partial charge in [0.1, 0.15) is 18.5 Å². The molecule has 0 N–H and O–H groups in total. The molecule has 1 heterocycles. The number of carbonyl (C=O) groups excluding carboxylic acids is 1. The highest BCUT2D eigenvalue weighted by Gasteiger charge is 2.24. The summed E-state index contributed by atoms with van der Waals surface area (Å²) in [5, 5.41) is 4.24. The molecule has 0 spiro atoms. The van der Waals surface area contributed by atoms with Gasteiger partial charge in [-0.15, -0.1) is 0 Å². The smallest absolute Gasteiger partial charge is 0.339 e. The zero-order valence-electron chi connectivity index (χ0n) is 15.9. The first-order chi connectivity index (χ1) is 14.7. The minimum absolute atomic E-state index is 0.133. The van der Waals surface area contributed by atoms with Crippen molar-refractivity contribution >= 4 is 17.7 Å². The molecule has 0 radical (unpaired) electrons. The first kappa shape index (κ1) is 19.3. The van der Waals surface area contributed by atoms with E-state index in [0.717, 1.165) is 17.2 Å². The molecule has 0 aliphatic rings. The predicted octanol–water partition coefficient (Wildman–Crippen LogP) is 5.01. The van der Waals surface area contributed by atoms with Crippen LogP contribution in [0.4, 0.5) is 4.39 Å². The van der Waals surface area contributed by atoms with Crippen LogP contribution >= 0.6 is 0 Å². The second-order valence-corrected chi connectivity index (χ2v) is 6.53. The number of aromatic nitrogens is 3. The van der Waals surface area contributed by atoms with Gasteiger partial charge in [-0.2, -0.15) is 5.10 Å². The number of ether oxygens (including phenoxy) is 1. The van der Waals surface area contributed by atoms with Gasteiger partial charge in [0.2, 0.25) is 0 Å². The predicted molar refractivity (Wildman–Crippen MR) is 112 cm³/mol. The van der Waals surface area contributed by atoms with E-state index in [-0.39, 0.29) is 5.56 Å². The first-order valence-corrected chi connectivity index (χ1v) is 9.34. The molecular weight excluding hydrogens is 381 g/mol. The molecule has 1 unspecified atom stereocenters. The number of esters is 1. The van der Waals surface area contributed by atoms with Gasteiger partial charge in [0.25, 0.3) is 0 Å². The topological polar surface area (TPSA) is 57.0 Å². The summed E-state index contributed by atoms with van der Waals surface area (Å²) in [7, 11) is 0. The van der Waals surface area contributed by atoms with Crippen molar-refractivity contribution < 1.29 is 13.9 Å². The van der Waals surface area contributed by atoms with Crippen molar-refractivity contribution in [2.45, 2.75) is 6.10 Å². The minimum atomic E-state index is -0.788. The molecule has 1 aromatic heterocycles. The van der Waals surface area contributed by atoms with E-state index in [9.17, 15) is 9.18 Å². The minimum Gasteiger partial charge on any atom is -0.447 e. The molecule has 1 atom stereocenters. The SMILES string of the molecule is O=C(OC(C(=Cc1ccccc1)n1cncn1)c1ccccc1)c1cccc(F)c1. The van der Waals surface area contributed by atoms with E-state index in [4.69, 9.17) is 4.74 Å². The third kappa shape index (κ3) is 4.50. The second-order valence-electron chi connectivity index (χ2n) is 6.53. The van der Waals surface area contributed by atoms with Gasteiger partial charge in [0.15, 0.2) is 6.10 Å². The van der Waals surface area contributed by atoms with Gasteiger partial charge in [0, 0.05) is 0 Å². The van der Waals surface area contributed by atoms with Crippen LogP contribution in [0.25, 0.3) is 11.8 Å². The van der Waals surface area contributed by atoms with E-state index >= 15 is 0 Å². The number of halogens is 1. The van der Waals surface area contributed by atoms with Crippen molar-refractivity contribution in [1.82, 2.24) is 14.8 Å². The summed E-state index contributed by atoms with van der Waals surface area (Å²) in [5.41, 5.74) is 2.38. The van der Waals surface area contributed by atoms with Crippen LogP contribution in [0.15, 0.2) is 97.6 Å². The van der Waals surface area contributed by atoms with Crippen LogP contribution in [0.3, 0.4) is 0 Å². The van der Waals surface area contributed by atoms with Crippen molar-refractivity contribution in [3.8, 4) is 0 Å². The maximum atomic E-state index is 13.6. The van der Waals surface area contributed by atoms with E-state index in [0.29, 0.717) is 5.70 Å². The van der Waals surface area contributed by atoms with Crippen molar-refractivity contribution in [1.29, 1.82) is 0 Å². The zero-order chi connectivity index (χ0) is 20.8. The highest BCUT2D eigenvalue weighted by Crippen LogP contribution is 2.31. The molecule has 0 amide bonds. The lowest BCUT2D eigenvalue weighted by atomic mass is 10.0. The quantitative estimate of drug-likeness (QED) is 0.428. The molecule has 30 heavy (non-hydrogen) atoms. The van der Waals surface area contributed by atoms with Crippen molar-refractivity contribution in [3.63, 3.8) is 0 Å². The lowest BCUT2D eigenvalue weighted by molar-refractivity contribution is 0.0399. The maximum absolute atomic E-state index is 13.6. The Kier molecular flexibility index (Phi) is 5.75. The first-order valence-electron chi connectivity index (χ1n) is 9.34. The summed E-state index contributed by atoms with van der Waals surface area (Å²) in [6.45, 7) is 0. The van der Waals surface area contributed by atoms with Crippen LogP contribution in [-0.2, 0) is 4.74 Å². The number of hydrogen-bond acceptors (Lipinski definition) is 4. The summed E-state index contributed by atoms with van der Waals surface area (Å²) >= 11 is 0. The highest BCUT2D eigenvalue weighted by atomic mass is 19.1. The van der Waals surface area contributed by atoms with Gasteiger partial charge in [0.05, 0.1) is 11.3 Å². The highest BCUT2D eigenvalue weighted by molar-refractivity contribution is 5.90. The normalized spacial score (nSPS) is 12.4. The summed E-state index contributed by atoms with van der Waals surface area (Å²) in [4.78, 5) is 16.9. The van der Waals surface area contributed by atoms with Crippen LogP contribution in [-0.4, -0.2) is 20.7 Å². The third-order valence-electron chi connectivity index (χ3n) is 4.45. The molecule has 0 saturated carbocycles. The molecule has 6 heteroatoms. The largest absolute Gasteiger partial charge is 0.447 e. The molecule has 3 aromatic carbocycles. The lowest BCUT2D eigenvalue weighted by Gasteiger charge is -2.21. The van der Waals surface area contributed by atoms with E-state index in [1.165, 1.54) is 24.5 Å². The molecule has 0 saturated heterocycles. The third-order valence-corrected chi connectivity index (χ3v) is 4.45. The molecule has 0 fully saturated rings. The number of rotatable bonds is 6. The van der Waals surface area contributed by atoms with Crippen LogP contribution in [0.5, 0.6) is 0 Å². The van der Waals surface area contributed by atoms with Crippen LogP contribution < -0.4 is 0 Å². The standard InChI is InChI=1S/C24H18FN3O2/c25-21-13-7-12-20(15-21)24(29)30-23(19-10-5-2-6-11-19)22(28-17-26-16-27-28)14-18-8-3-1-4-9-18/h1-17,23H. The van der Waals surface area contributed by atoms with Gasteiger partial charge in [-0.1, -0.05) is 66.7 Å². The molecule has 4 rings (SSSR count). The van der Waals surface area contributed by atoms with Crippen LogP contribution in [0, 0.1) is 5.82 Å². The molecule has 148 valence electrons. The molecule has 4 aromatic rings. The molecule has 5 nitrogen and oxygen atoms in total. The molecule has 0 bridgehead atoms. The number of nitrogens with zero attached hydrogens (tertiary/aromatic N) is 3. The Bertz CT molecular complexity index is 1140. The van der Waals surface area contributed by atoms with Crippen LogP contribution in [0.2, 0.25) is 0 Å². The summed E-state index contributed by atoms with van der Waals surface area (Å²) in [6.07, 6.45) is 4.05. The lowest BCUT2D eigenvalue weighted by Crippen LogP contribution is -2.17. The average molecular weight is 399 g/mol. The van der Waals surface area contributed by atoms with Crippen molar-refractivity contribution in [2.24, 2.45) is 0 Å². The van der Waals surface area contributed by atoms with Crippen molar-refractivity contribution in [2.75, 3.05) is 0 Å². The maximum Gasteiger partial charge on any atom is 0.339 e. The van der Waals surface area contributed by atoms with Gasteiger partial charge in [-0.25, -0.2) is 18.9 Å². The summed E-state index contributed by atoms with van der Waals surface area (Å²) in [6, 6.07) is 24.4. The van der Waals surface area contributed by atoms with E-state index in [1.807, 2.05) is 66.7 Å². The van der Waals surface area contributed by atoms with Crippen molar-refractivity contribution in [3.05, 3.63) is 120 Å². The summed E-state index contributed by atoms with van der Waals surface area (Å²) < 4.78 is 21.0. The van der Waals surface area contributed by atoms with E-state index < -0.39 is 17.9 Å². The molecular formula is C24H18FN3O2. The Morgan fingerprint density at radius 1 is 0.967 bits per heavy atom. The molecule has 0 aliphatic carbocycles.